The van der Waals surface area contributed by atoms with E-state index in [2.05, 4.69) is 43.4 Å². The molecule has 0 aliphatic carbocycles. The monoisotopic (exact) mass is 442 g/mol. The highest BCUT2D eigenvalue weighted by atomic mass is 35.5. The van der Waals surface area contributed by atoms with Gasteiger partial charge in [-0.3, -0.25) is 9.59 Å². The Balaban J connectivity index is 2.14. The molecule has 0 fully saturated rings. The number of amides is 2. The number of nitrogens with one attached hydrogen (secondary N) is 1. The van der Waals surface area contributed by atoms with Crippen LogP contribution in [0.15, 0.2) is 48.5 Å². The normalized spacial score (nSPS) is 12.5. The van der Waals surface area contributed by atoms with Crippen molar-refractivity contribution in [3.63, 3.8) is 0 Å². The number of rotatable bonds is 8. The molecule has 0 saturated heterocycles. The SMILES string of the molecule is CC(C)c1ccc(CCC(=O)N(Cc2ccc(Cl)cc2)[C@H](C)C(=O)NC(C)(C)C)cc1. The van der Waals surface area contributed by atoms with Crippen molar-refractivity contribution >= 4 is 23.4 Å². The van der Waals surface area contributed by atoms with E-state index in [1.807, 2.05) is 32.9 Å². The average Bonchev–Trinajstić information content (AvgIpc) is 2.70. The fourth-order valence-corrected chi connectivity index (χ4v) is 3.43. The maximum atomic E-state index is 13.2. The van der Waals surface area contributed by atoms with Crippen molar-refractivity contribution in [2.45, 2.75) is 78.4 Å². The third-order valence-electron chi connectivity index (χ3n) is 5.21. The molecule has 0 spiro atoms. The first-order chi connectivity index (χ1) is 14.5. The summed E-state index contributed by atoms with van der Waals surface area (Å²) in [5.41, 5.74) is 2.98. The van der Waals surface area contributed by atoms with Crippen LogP contribution in [-0.4, -0.2) is 28.3 Å². The van der Waals surface area contributed by atoms with Gasteiger partial charge in [0.15, 0.2) is 0 Å². The van der Waals surface area contributed by atoms with Gasteiger partial charge in [-0.2, -0.15) is 0 Å². The molecule has 31 heavy (non-hydrogen) atoms. The number of hydrogen-bond acceptors (Lipinski definition) is 2. The van der Waals surface area contributed by atoms with Gasteiger partial charge in [0, 0.05) is 23.5 Å². The Morgan fingerprint density at radius 1 is 0.935 bits per heavy atom. The second-order valence-corrected chi connectivity index (χ2v) is 9.90. The molecule has 168 valence electrons. The molecule has 0 aliphatic rings. The third kappa shape index (κ3) is 8.02. The van der Waals surface area contributed by atoms with E-state index in [1.165, 1.54) is 5.56 Å². The molecule has 2 amide bonds. The highest BCUT2D eigenvalue weighted by molar-refractivity contribution is 6.30. The number of aryl methyl sites for hydroxylation is 1. The van der Waals surface area contributed by atoms with E-state index in [-0.39, 0.29) is 17.4 Å². The lowest BCUT2D eigenvalue weighted by molar-refractivity contribution is -0.141. The molecule has 0 heterocycles. The van der Waals surface area contributed by atoms with Crippen LogP contribution in [0.4, 0.5) is 0 Å². The molecule has 1 N–H and O–H groups in total. The highest BCUT2D eigenvalue weighted by Crippen LogP contribution is 2.18. The molecule has 0 aliphatic heterocycles. The Bertz CT molecular complexity index is 868. The van der Waals surface area contributed by atoms with Gasteiger partial charge in [-0.25, -0.2) is 0 Å². The van der Waals surface area contributed by atoms with Crippen LogP contribution in [0.5, 0.6) is 0 Å². The summed E-state index contributed by atoms with van der Waals surface area (Å²) in [5.74, 6) is 0.281. The lowest BCUT2D eigenvalue weighted by Crippen LogP contribution is -2.52. The molecule has 2 aromatic carbocycles. The zero-order valence-corrected chi connectivity index (χ0v) is 20.3. The van der Waals surface area contributed by atoms with Gasteiger partial charge in [0.1, 0.15) is 6.04 Å². The summed E-state index contributed by atoms with van der Waals surface area (Å²) >= 11 is 6.00. The van der Waals surface area contributed by atoms with Crippen LogP contribution < -0.4 is 5.32 Å². The highest BCUT2D eigenvalue weighted by Gasteiger charge is 2.28. The topological polar surface area (TPSA) is 49.4 Å². The largest absolute Gasteiger partial charge is 0.350 e. The molecule has 5 heteroatoms. The minimum atomic E-state index is -0.578. The summed E-state index contributed by atoms with van der Waals surface area (Å²) in [4.78, 5) is 27.7. The zero-order valence-electron chi connectivity index (χ0n) is 19.5. The molecule has 0 bridgehead atoms. The number of halogens is 1. The van der Waals surface area contributed by atoms with E-state index in [0.717, 1.165) is 11.1 Å². The summed E-state index contributed by atoms with van der Waals surface area (Å²) in [6, 6.07) is 15.2. The van der Waals surface area contributed by atoms with Crippen molar-refractivity contribution in [2.24, 2.45) is 0 Å². The lowest BCUT2D eigenvalue weighted by atomic mass is 10.00. The van der Waals surface area contributed by atoms with Crippen LogP contribution >= 0.6 is 11.6 Å². The van der Waals surface area contributed by atoms with Crippen molar-refractivity contribution < 1.29 is 9.59 Å². The first kappa shape index (κ1) is 24.9. The van der Waals surface area contributed by atoms with Crippen LogP contribution in [0.2, 0.25) is 5.02 Å². The van der Waals surface area contributed by atoms with Crippen molar-refractivity contribution in [3.8, 4) is 0 Å². The molecule has 0 unspecified atom stereocenters. The van der Waals surface area contributed by atoms with Gasteiger partial charge >= 0.3 is 0 Å². The summed E-state index contributed by atoms with van der Waals surface area (Å²) in [5, 5.41) is 3.63. The fraction of sp³-hybridized carbons (Fsp3) is 0.462. The summed E-state index contributed by atoms with van der Waals surface area (Å²) in [6.45, 7) is 12.3. The van der Waals surface area contributed by atoms with Gasteiger partial charge in [0.25, 0.3) is 0 Å². The van der Waals surface area contributed by atoms with Crippen molar-refractivity contribution in [2.75, 3.05) is 0 Å². The maximum Gasteiger partial charge on any atom is 0.242 e. The number of carbonyl (C=O) groups is 2. The molecule has 1 atom stereocenters. The predicted molar refractivity (Wildman–Crippen MR) is 128 cm³/mol. The van der Waals surface area contributed by atoms with Crippen molar-refractivity contribution in [1.82, 2.24) is 10.2 Å². The smallest absolute Gasteiger partial charge is 0.242 e. The molecular formula is C26H35ClN2O2. The van der Waals surface area contributed by atoms with Gasteiger partial charge < -0.3 is 10.2 Å². The Hall–Kier alpha value is -2.33. The number of nitrogens with zero attached hydrogens (tertiary/aromatic N) is 1. The van der Waals surface area contributed by atoms with E-state index < -0.39 is 6.04 Å². The Morgan fingerprint density at radius 3 is 2.00 bits per heavy atom. The standard InChI is InChI=1S/C26H35ClN2O2/c1-18(2)22-12-7-20(8-13-22)11-16-24(30)29(17-21-9-14-23(27)15-10-21)19(3)25(31)28-26(4,5)6/h7-10,12-15,18-19H,11,16-17H2,1-6H3,(H,28,31)/t19-/m1/s1. The van der Waals surface area contributed by atoms with E-state index in [4.69, 9.17) is 11.6 Å². The van der Waals surface area contributed by atoms with E-state index in [0.29, 0.717) is 30.3 Å². The molecule has 0 aromatic heterocycles. The minimum absolute atomic E-state index is 0.0422. The average molecular weight is 443 g/mol. The number of benzene rings is 2. The van der Waals surface area contributed by atoms with Gasteiger partial charge in [0.2, 0.25) is 11.8 Å². The van der Waals surface area contributed by atoms with Gasteiger partial charge in [-0.05, 0) is 68.9 Å². The Morgan fingerprint density at radius 2 is 1.48 bits per heavy atom. The van der Waals surface area contributed by atoms with Crippen LogP contribution in [0.3, 0.4) is 0 Å². The van der Waals surface area contributed by atoms with E-state index in [9.17, 15) is 9.59 Å². The van der Waals surface area contributed by atoms with Crippen molar-refractivity contribution in [3.05, 3.63) is 70.2 Å². The molecule has 4 nitrogen and oxygen atoms in total. The van der Waals surface area contributed by atoms with E-state index in [1.54, 1.807) is 24.0 Å². The maximum absolute atomic E-state index is 13.2. The molecule has 2 aromatic rings. The summed E-state index contributed by atoms with van der Waals surface area (Å²) in [6.07, 6.45) is 0.990. The van der Waals surface area contributed by atoms with Crippen LogP contribution in [0, 0.1) is 0 Å². The first-order valence-electron chi connectivity index (χ1n) is 10.9. The fourth-order valence-electron chi connectivity index (χ4n) is 3.31. The minimum Gasteiger partial charge on any atom is -0.350 e. The quantitative estimate of drug-likeness (QED) is 0.567. The van der Waals surface area contributed by atoms with Gasteiger partial charge in [-0.15, -0.1) is 0 Å². The van der Waals surface area contributed by atoms with Crippen LogP contribution in [0.25, 0.3) is 0 Å². The molecule has 0 saturated carbocycles. The molecule has 0 radical (unpaired) electrons. The summed E-state index contributed by atoms with van der Waals surface area (Å²) < 4.78 is 0. The lowest BCUT2D eigenvalue weighted by Gasteiger charge is -2.31. The number of hydrogen-bond donors (Lipinski definition) is 1. The van der Waals surface area contributed by atoms with Crippen molar-refractivity contribution in [1.29, 1.82) is 0 Å². The Labute approximate surface area is 192 Å². The molecule has 2 rings (SSSR count). The van der Waals surface area contributed by atoms with E-state index >= 15 is 0 Å². The summed E-state index contributed by atoms with van der Waals surface area (Å²) in [7, 11) is 0. The van der Waals surface area contributed by atoms with Gasteiger partial charge in [0.05, 0.1) is 0 Å². The predicted octanol–water partition coefficient (Wildman–Crippen LogP) is 5.73. The van der Waals surface area contributed by atoms with Crippen LogP contribution in [-0.2, 0) is 22.6 Å². The third-order valence-corrected chi connectivity index (χ3v) is 5.46. The van der Waals surface area contributed by atoms with Crippen LogP contribution in [0.1, 0.15) is 70.6 Å². The second kappa shape index (κ2) is 10.8. The number of carbonyl (C=O) groups excluding carboxylic acids is 2. The first-order valence-corrected chi connectivity index (χ1v) is 11.3. The zero-order chi connectivity index (χ0) is 23.2. The molecular weight excluding hydrogens is 408 g/mol. The Kier molecular flexibility index (Phi) is 8.69. The van der Waals surface area contributed by atoms with Gasteiger partial charge in [-0.1, -0.05) is 61.8 Å². The second-order valence-electron chi connectivity index (χ2n) is 9.46.